The number of ether oxygens (including phenoxy) is 3. The molecule has 2 aromatic rings. The van der Waals surface area contributed by atoms with E-state index in [0.29, 0.717) is 24.0 Å². The van der Waals surface area contributed by atoms with Crippen LogP contribution >= 0.6 is 0 Å². The van der Waals surface area contributed by atoms with E-state index in [1.807, 2.05) is 12.1 Å². The molecular weight excluding hydrogens is 302 g/mol. The molecule has 2 aliphatic rings. The smallest absolute Gasteiger partial charge is 0.322 e. The van der Waals surface area contributed by atoms with Crippen molar-refractivity contribution in [3.05, 3.63) is 30.2 Å². The van der Waals surface area contributed by atoms with Crippen LogP contribution < -0.4 is 14.8 Å². The fourth-order valence-corrected chi connectivity index (χ4v) is 2.52. The Morgan fingerprint density at radius 2 is 2.09 bits per heavy atom. The maximum atomic E-state index is 12.2. The zero-order valence-electron chi connectivity index (χ0n) is 12.2. The van der Waals surface area contributed by atoms with Crippen LogP contribution in [0.4, 0.5) is 6.01 Å². The molecule has 0 aliphatic carbocycles. The Morgan fingerprint density at radius 3 is 2.91 bits per heavy atom. The molecule has 4 rings (SSSR count). The minimum absolute atomic E-state index is 0.0305. The molecule has 1 amide bonds. The first-order chi connectivity index (χ1) is 11.3. The predicted molar refractivity (Wildman–Crippen MR) is 77.2 cm³/mol. The van der Waals surface area contributed by atoms with Crippen molar-refractivity contribution >= 4 is 11.9 Å². The molecule has 0 saturated carbocycles. The predicted octanol–water partition coefficient (Wildman–Crippen LogP) is 1.70. The van der Waals surface area contributed by atoms with Crippen LogP contribution in [0.2, 0.25) is 0 Å². The van der Waals surface area contributed by atoms with Crippen LogP contribution in [-0.2, 0) is 9.53 Å². The summed E-state index contributed by atoms with van der Waals surface area (Å²) in [4.78, 5) is 12.2. The highest BCUT2D eigenvalue weighted by molar-refractivity contribution is 5.92. The summed E-state index contributed by atoms with van der Waals surface area (Å²) in [6, 6.07) is 7.22. The average molecular weight is 317 g/mol. The van der Waals surface area contributed by atoms with Crippen molar-refractivity contribution in [2.45, 2.75) is 25.0 Å². The first kappa shape index (κ1) is 14.0. The van der Waals surface area contributed by atoms with Crippen LogP contribution in [0.5, 0.6) is 11.5 Å². The van der Waals surface area contributed by atoms with Gasteiger partial charge in [-0.15, -0.1) is 5.10 Å². The first-order valence-corrected chi connectivity index (χ1v) is 7.44. The number of hydrogen-bond donors (Lipinski definition) is 1. The van der Waals surface area contributed by atoms with E-state index in [2.05, 4.69) is 15.5 Å². The van der Waals surface area contributed by atoms with E-state index in [0.717, 1.165) is 12.8 Å². The minimum atomic E-state index is -0.775. The number of hydrogen-bond acceptors (Lipinski definition) is 7. The fourth-order valence-electron chi connectivity index (χ4n) is 2.52. The van der Waals surface area contributed by atoms with E-state index in [4.69, 9.17) is 18.6 Å². The van der Waals surface area contributed by atoms with Crippen LogP contribution in [0.15, 0.2) is 28.7 Å². The molecule has 1 aromatic carbocycles. The van der Waals surface area contributed by atoms with E-state index >= 15 is 0 Å². The SMILES string of the molecule is O=C(Nc1nnc(C2CCCO2)o1)C1COc2ccccc2O1. The van der Waals surface area contributed by atoms with Gasteiger partial charge in [0.15, 0.2) is 11.5 Å². The Labute approximate surface area is 131 Å². The van der Waals surface area contributed by atoms with Crippen LogP contribution in [0.25, 0.3) is 0 Å². The Hall–Kier alpha value is -2.61. The van der Waals surface area contributed by atoms with Crippen molar-refractivity contribution in [2.24, 2.45) is 0 Å². The number of amides is 1. The number of aromatic nitrogens is 2. The molecule has 120 valence electrons. The van der Waals surface area contributed by atoms with Gasteiger partial charge in [0.25, 0.3) is 5.91 Å². The Kier molecular flexibility index (Phi) is 3.58. The van der Waals surface area contributed by atoms with Crippen LogP contribution in [0, 0.1) is 0 Å². The second kappa shape index (κ2) is 5.88. The third kappa shape index (κ3) is 2.85. The maximum Gasteiger partial charge on any atom is 0.322 e. The molecule has 0 radical (unpaired) electrons. The summed E-state index contributed by atoms with van der Waals surface area (Å²) in [6.07, 6.45) is 0.838. The van der Waals surface area contributed by atoms with E-state index in [9.17, 15) is 4.79 Å². The van der Waals surface area contributed by atoms with E-state index < -0.39 is 12.0 Å². The number of nitrogens with zero attached hydrogens (tertiary/aromatic N) is 2. The van der Waals surface area contributed by atoms with Gasteiger partial charge in [0.2, 0.25) is 12.0 Å². The molecule has 23 heavy (non-hydrogen) atoms. The van der Waals surface area contributed by atoms with E-state index in [1.54, 1.807) is 12.1 Å². The highest BCUT2D eigenvalue weighted by atomic mass is 16.6. The summed E-state index contributed by atoms with van der Waals surface area (Å²) in [5.74, 6) is 1.13. The number of fused-ring (bicyclic) bond motifs is 1. The van der Waals surface area contributed by atoms with Crippen molar-refractivity contribution in [3.8, 4) is 11.5 Å². The standard InChI is InChI=1S/C15H15N3O5/c19-13(12-8-21-9-4-1-2-5-10(9)22-12)16-15-18-17-14(23-15)11-6-3-7-20-11/h1-2,4-5,11-12H,3,6-8H2,(H,16,18,19). The van der Waals surface area contributed by atoms with Crippen LogP contribution in [0.3, 0.4) is 0 Å². The zero-order valence-corrected chi connectivity index (χ0v) is 12.2. The molecule has 3 heterocycles. The van der Waals surface area contributed by atoms with Crippen LogP contribution in [-0.4, -0.2) is 35.4 Å². The molecule has 2 atom stereocenters. The van der Waals surface area contributed by atoms with Crippen molar-refractivity contribution in [1.82, 2.24) is 10.2 Å². The van der Waals surface area contributed by atoms with E-state index in [1.165, 1.54) is 0 Å². The fraction of sp³-hybridized carbons (Fsp3) is 0.400. The summed E-state index contributed by atoms with van der Waals surface area (Å²) in [6.45, 7) is 0.803. The molecule has 1 fully saturated rings. The normalized spacial score (nSPS) is 22.8. The summed E-state index contributed by atoms with van der Waals surface area (Å²) in [5, 5.41) is 10.3. The first-order valence-electron chi connectivity index (χ1n) is 7.44. The molecule has 2 unspecified atom stereocenters. The van der Waals surface area contributed by atoms with Gasteiger partial charge in [-0.1, -0.05) is 17.2 Å². The van der Waals surface area contributed by atoms with Gasteiger partial charge in [-0.05, 0) is 25.0 Å². The summed E-state index contributed by atoms with van der Waals surface area (Å²) < 4.78 is 22.0. The van der Waals surface area contributed by atoms with Gasteiger partial charge in [0, 0.05) is 6.61 Å². The molecule has 2 aliphatic heterocycles. The molecule has 1 N–H and O–H groups in total. The second-order valence-electron chi connectivity index (χ2n) is 5.30. The lowest BCUT2D eigenvalue weighted by Crippen LogP contribution is -2.40. The van der Waals surface area contributed by atoms with Crippen LogP contribution in [0.1, 0.15) is 24.8 Å². The number of benzene rings is 1. The zero-order chi connectivity index (χ0) is 15.6. The molecule has 8 nitrogen and oxygen atoms in total. The number of carbonyl (C=O) groups is 1. The lowest BCUT2D eigenvalue weighted by Gasteiger charge is -2.24. The molecule has 1 aromatic heterocycles. The number of nitrogens with one attached hydrogen (secondary N) is 1. The van der Waals surface area contributed by atoms with Gasteiger partial charge < -0.3 is 18.6 Å². The van der Waals surface area contributed by atoms with Gasteiger partial charge in [-0.2, -0.15) is 0 Å². The Morgan fingerprint density at radius 1 is 1.22 bits per heavy atom. The quantitative estimate of drug-likeness (QED) is 0.920. The number of rotatable bonds is 3. The highest BCUT2D eigenvalue weighted by Gasteiger charge is 2.29. The topological polar surface area (TPSA) is 95.7 Å². The van der Waals surface area contributed by atoms with Gasteiger partial charge >= 0.3 is 6.01 Å². The number of anilines is 1. The second-order valence-corrected chi connectivity index (χ2v) is 5.30. The maximum absolute atomic E-state index is 12.2. The van der Waals surface area contributed by atoms with Crippen molar-refractivity contribution in [1.29, 1.82) is 0 Å². The Balaban J connectivity index is 1.40. The Bertz CT molecular complexity index is 711. The largest absolute Gasteiger partial charge is 0.485 e. The monoisotopic (exact) mass is 317 g/mol. The van der Waals surface area contributed by atoms with Crippen molar-refractivity contribution < 1.29 is 23.4 Å². The molecule has 1 saturated heterocycles. The third-order valence-electron chi connectivity index (χ3n) is 3.68. The number of para-hydroxylation sites is 2. The van der Waals surface area contributed by atoms with Gasteiger partial charge in [-0.3, -0.25) is 10.1 Å². The van der Waals surface area contributed by atoms with E-state index in [-0.39, 0.29) is 18.7 Å². The lowest BCUT2D eigenvalue weighted by atomic mass is 10.2. The average Bonchev–Trinajstić information content (AvgIpc) is 3.25. The van der Waals surface area contributed by atoms with Gasteiger partial charge in [-0.25, -0.2) is 0 Å². The third-order valence-corrected chi connectivity index (χ3v) is 3.68. The molecular formula is C15H15N3O5. The molecule has 0 spiro atoms. The molecule has 8 heteroatoms. The van der Waals surface area contributed by atoms with Gasteiger partial charge in [0.1, 0.15) is 12.7 Å². The lowest BCUT2D eigenvalue weighted by molar-refractivity contribution is -0.125. The summed E-state index contributed by atoms with van der Waals surface area (Å²) in [7, 11) is 0. The summed E-state index contributed by atoms with van der Waals surface area (Å²) in [5.41, 5.74) is 0. The highest BCUT2D eigenvalue weighted by Crippen LogP contribution is 2.31. The van der Waals surface area contributed by atoms with Crippen molar-refractivity contribution in [2.75, 3.05) is 18.5 Å². The van der Waals surface area contributed by atoms with Crippen molar-refractivity contribution in [3.63, 3.8) is 0 Å². The van der Waals surface area contributed by atoms with Gasteiger partial charge in [0.05, 0.1) is 0 Å². The molecule has 0 bridgehead atoms. The number of carbonyl (C=O) groups excluding carboxylic acids is 1. The minimum Gasteiger partial charge on any atom is -0.485 e. The summed E-state index contributed by atoms with van der Waals surface area (Å²) >= 11 is 0.